The molecule has 1 saturated carbocycles. The van der Waals surface area contributed by atoms with Crippen LogP contribution in [-0.2, 0) is 0 Å². The molecule has 0 aliphatic heterocycles. The summed E-state index contributed by atoms with van der Waals surface area (Å²) < 4.78 is 0. The summed E-state index contributed by atoms with van der Waals surface area (Å²) in [6, 6.07) is 6.20. The Hall–Kier alpha value is -1.51. The van der Waals surface area contributed by atoms with Crippen LogP contribution in [0.3, 0.4) is 0 Å². The maximum absolute atomic E-state index is 11.8. The number of carboxylic acid groups (broad SMARTS) is 1. The van der Waals surface area contributed by atoms with Gasteiger partial charge in [-0.05, 0) is 55.6 Å². The zero-order chi connectivity index (χ0) is 15.7. The third-order valence-corrected chi connectivity index (χ3v) is 4.50. The van der Waals surface area contributed by atoms with E-state index in [0.29, 0.717) is 17.8 Å². The predicted octanol–water partition coefficient (Wildman–Crippen LogP) is 5.22. The molecule has 21 heavy (non-hydrogen) atoms. The van der Waals surface area contributed by atoms with Gasteiger partial charge in [-0.15, -0.1) is 0 Å². The van der Waals surface area contributed by atoms with Crippen molar-refractivity contribution in [2.75, 3.05) is 4.90 Å². The molecule has 0 aromatic heterocycles. The molecule has 0 radical (unpaired) electrons. The number of hydrogen-bond donors (Lipinski definition) is 1. The molecule has 1 aliphatic rings. The van der Waals surface area contributed by atoms with Gasteiger partial charge in [0.2, 0.25) is 0 Å². The lowest BCUT2D eigenvalue weighted by Gasteiger charge is -2.31. The fourth-order valence-electron chi connectivity index (χ4n) is 3.12. The molecule has 1 aliphatic carbocycles. The zero-order valence-electron chi connectivity index (χ0n) is 13.8. The van der Waals surface area contributed by atoms with Gasteiger partial charge in [-0.3, -0.25) is 4.90 Å². The maximum atomic E-state index is 11.8. The Morgan fingerprint density at radius 1 is 1.14 bits per heavy atom. The highest BCUT2D eigenvalue weighted by atomic mass is 16.4. The van der Waals surface area contributed by atoms with Crippen molar-refractivity contribution < 1.29 is 9.90 Å². The number of para-hydroxylation sites is 1. The molecule has 0 unspecified atom stereocenters. The lowest BCUT2D eigenvalue weighted by molar-refractivity contribution is 0.200. The molecule has 0 bridgehead atoms. The minimum absolute atomic E-state index is 0.0625. The van der Waals surface area contributed by atoms with Gasteiger partial charge in [0.25, 0.3) is 0 Å². The SMILES string of the molecule is CC(C)c1cccc([C@H](C)C2CC2)c1N(C(=O)O)C(C)C. The molecule has 116 valence electrons. The van der Waals surface area contributed by atoms with E-state index in [2.05, 4.69) is 39.0 Å². The number of rotatable bonds is 5. The Balaban J connectivity index is 2.59. The summed E-state index contributed by atoms with van der Waals surface area (Å²) in [7, 11) is 0. The first-order valence-electron chi connectivity index (χ1n) is 7.99. The van der Waals surface area contributed by atoms with E-state index >= 15 is 0 Å². The second kappa shape index (κ2) is 6.08. The lowest BCUT2D eigenvalue weighted by atomic mass is 9.88. The van der Waals surface area contributed by atoms with Crippen molar-refractivity contribution in [3.8, 4) is 0 Å². The number of hydrogen-bond acceptors (Lipinski definition) is 1. The number of amides is 1. The van der Waals surface area contributed by atoms with Crippen molar-refractivity contribution in [1.82, 2.24) is 0 Å². The largest absolute Gasteiger partial charge is 0.465 e. The third-order valence-electron chi connectivity index (χ3n) is 4.50. The van der Waals surface area contributed by atoms with Crippen LogP contribution in [0.15, 0.2) is 18.2 Å². The van der Waals surface area contributed by atoms with Gasteiger partial charge in [0.05, 0.1) is 5.69 Å². The van der Waals surface area contributed by atoms with Gasteiger partial charge in [0.1, 0.15) is 0 Å². The Kier molecular flexibility index (Phi) is 4.60. The molecule has 1 amide bonds. The number of carbonyl (C=O) groups is 1. The molecule has 1 fully saturated rings. The summed E-state index contributed by atoms with van der Waals surface area (Å²) in [6.07, 6.45) is 1.67. The van der Waals surface area contributed by atoms with Crippen LogP contribution in [0, 0.1) is 5.92 Å². The van der Waals surface area contributed by atoms with Gasteiger partial charge in [-0.25, -0.2) is 4.79 Å². The van der Waals surface area contributed by atoms with Crippen molar-refractivity contribution in [2.45, 2.75) is 65.3 Å². The van der Waals surface area contributed by atoms with Crippen molar-refractivity contribution in [3.05, 3.63) is 29.3 Å². The number of nitrogens with zero attached hydrogens (tertiary/aromatic N) is 1. The quantitative estimate of drug-likeness (QED) is 0.807. The zero-order valence-corrected chi connectivity index (χ0v) is 13.8. The van der Waals surface area contributed by atoms with Gasteiger partial charge in [0.15, 0.2) is 0 Å². The fraction of sp³-hybridized carbons (Fsp3) is 0.611. The Labute approximate surface area is 128 Å². The minimum Gasteiger partial charge on any atom is -0.465 e. The highest BCUT2D eigenvalue weighted by Gasteiger charge is 2.33. The minimum atomic E-state index is -0.859. The topological polar surface area (TPSA) is 40.5 Å². The van der Waals surface area contributed by atoms with E-state index in [4.69, 9.17) is 0 Å². The van der Waals surface area contributed by atoms with Crippen LogP contribution in [0.5, 0.6) is 0 Å². The molecule has 0 saturated heterocycles. The highest BCUT2D eigenvalue weighted by Crippen LogP contribution is 2.46. The second-order valence-electron chi connectivity index (χ2n) is 6.81. The van der Waals surface area contributed by atoms with E-state index in [1.54, 1.807) is 4.90 Å². The van der Waals surface area contributed by atoms with Crippen LogP contribution in [0.1, 0.15) is 70.4 Å². The average molecular weight is 289 g/mol. The van der Waals surface area contributed by atoms with E-state index in [1.807, 2.05) is 13.8 Å². The van der Waals surface area contributed by atoms with Crippen LogP contribution in [0.4, 0.5) is 10.5 Å². The van der Waals surface area contributed by atoms with E-state index < -0.39 is 6.09 Å². The second-order valence-corrected chi connectivity index (χ2v) is 6.81. The average Bonchev–Trinajstić information content (AvgIpc) is 3.21. The first-order valence-corrected chi connectivity index (χ1v) is 7.99. The van der Waals surface area contributed by atoms with Gasteiger partial charge < -0.3 is 5.11 Å². The smallest absolute Gasteiger partial charge is 0.412 e. The van der Waals surface area contributed by atoms with Crippen molar-refractivity contribution in [1.29, 1.82) is 0 Å². The molecular weight excluding hydrogens is 262 g/mol. The molecule has 1 atom stereocenters. The van der Waals surface area contributed by atoms with Crippen LogP contribution in [0.2, 0.25) is 0 Å². The Morgan fingerprint density at radius 3 is 2.14 bits per heavy atom. The normalized spacial score (nSPS) is 16.3. The monoisotopic (exact) mass is 289 g/mol. The highest BCUT2D eigenvalue weighted by molar-refractivity contribution is 5.89. The number of benzene rings is 1. The van der Waals surface area contributed by atoms with Crippen LogP contribution in [0.25, 0.3) is 0 Å². The summed E-state index contributed by atoms with van der Waals surface area (Å²) in [5.41, 5.74) is 3.25. The summed E-state index contributed by atoms with van der Waals surface area (Å²) in [5.74, 6) is 1.46. The molecule has 1 N–H and O–H groups in total. The standard InChI is InChI=1S/C18H27NO2/c1-11(2)15-7-6-8-16(13(5)14-9-10-14)17(15)19(12(3)4)18(20)21/h6-8,11-14H,9-10H2,1-5H3,(H,20,21)/t13-/m1/s1. The van der Waals surface area contributed by atoms with Crippen molar-refractivity contribution in [2.24, 2.45) is 5.92 Å². The van der Waals surface area contributed by atoms with Crippen LogP contribution in [-0.4, -0.2) is 17.2 Å². The molecule has 0 heterocycles. The number of anilines is 1. The summed E-state index contributed by atoms with van der Waals surface area (Å²) in [4.78, 5) is 13.3. The molecule has 3 heteroatoms. The Morgan fingerprint density at radius 2 is 1.71 bits per heavy atom. The predicted molar refractivity (Wildman–Crippen MR) is 87.3 cm³/mol. The molecule has 0 spiro atoms. The van der Waals surface area contributed by atoms with Crippen LogP contribution < -0.4 is 4.90 Å². The van der Waals surface area contributed by atoms with Gasteiger partial charge in [0, 0.05) is 6.04 Å². The van der Waals surface area contributed by atoms with E-state index in [1.165, 1.54) is 18.4 Å². The van der Waals surface area contributed by atoms with E-state index in [0.717, 1.165) is 11.3 Å². The lowest BCUT2D eigenvalue weighted by Crippen LogP contribution is -2.37. The summed E-state index contributed by atoms with van der Waals surface area (Å²) >= 11 is 0. The van der Waals surface area contributed by atoms with Crippen LogP contribution >= 0.6 is 0 Å². The first kappa shape index (κ1) is 15.9. The van der Waals surface area contributed by atoms with E-state index in [-0.39, 0.29) is 6.04 Å². The van der Waals surface area contributed by atoms with Crippen molar-refractivity contribution in [3.63, 3.8) is 0 Å². The first-order chi connectivity index (χ1) is 9.84. The van der Waals surface area contributed by atoms with Gasteiger partial charge >= 0.3 is 6.09 Å². The molecular formula is C18H27NO2. The maximum Gasteiger partial charge on any atom is 0.412 e. The van der Waals surface area contributed by atoms with E-state index in [9.17, 15) is 9.90 Å². The van der Waals surface area contributed by atoms with Gasteiger partial charge in [-0.2, -0.15) is 0 Å². The summed E-state index contributed by atoms with van der Waals surface area (Å²) in [6.45, 7) is 10.4. The Bertz CT molecular complexity index is 518. The molecule has 1 aromatic carbocycles. The summed E-state index contributed by atoms with van der Waals surface area (Å²) in [5, 5.41) is 9.69. The molecule has 2 rings (SSSR count). The van der Waals surface area contributed by atoms with Crippen molar-refractivity contribution >= 4 is 11.8 Å². The molecule has 1 aromatic rings. The fourth-order valence-corrected chi connectivity index (χ4v) is 3.12. The molecule has 3 nitrogen and oxygen atoms in total. The third kappa shape index (κ3) is 3.22. The van der Waals surface area contributed by atoms with Gasteiger partial charge in [-0.1, -0.05) is 39.0 Å².